The van der Waals surface area contributed by atoms with Crippen molar-refractivity contribution in [2.24, 2.45) is 0 Å². The molecule has 136 valence electrons. The number of benzene rings is 1. The smallest absolute Gasteiger partial charge is 0.396 e. The molecule has 1 aliphatic rings. The first-order chi connectivity index (χ1) is 11.6. The average molecular weight is 373 g/mol. The first kappa shape index (κ1) is 19.6. The second kappa shape index (κ2) is 6.86. The summed E-state index contributed by atoms with van der Waals surface area (Å²) in [7, 11) is 0. The summed E-state index contributed by atoms with van der Waals surface area (Å²) in [5.41, 5.74) is -3.32. The van der Waals surface area contributed by atoms with Crippen LogP contribution >= 0.6 is 12.6 Å². The molecule has 1 amide bonds. The summed E-state index contributed by atoms with van der Waals surface area (Å²) in [5, 5.41) is 17.9. The van der Waals surface area contributed by atoms with Crippen molar-refractivity contribution in [3.8, 4) is 6.07 Å². The van der Waals surface area contributed by atoms with Gasteiger partial charge >= 0.3 is 6.18 Å². The van der Waals surface area contributed by atoms with Crippen LogP contribution in [0.2, 0.25) is 0 Å². The average Bonchev–Trinajstić information content (AvgIpc) is 2.70. The van der Waals surface area contributed by atoms with Crippen molar-refractivity contribution in [2.75, 3.05) is 18.1 Å². The van der Waals surface area contributed by atoms with E-state index < -0.39 is 34.2 Å². The van der Waals surface area contributed by atoms with Gasteiger partial charge in [-0.1, -0.05) is 0 Å². The quantitative estimate of drug-likeness (QED) is 0.797. The Bertz CT molecular complexity index is 716. The number of rotatable bonds is 4. The maximum atomic E-state index is 13.2. The number of nitriles is 1. The normalized spacial score (nSPS) is 20.8. The zero-order valence-corrected chi connectivity index (χ0v) is 14.6. The van der Waals surface area contributed by atoms with Crippen LogP contribution in [0.5, 0.6) is 0 Å². The maximum absolute atomic E-state index is 13.2. The summed E-state index contributed by atoms with van der Waals surface area (Å²) in [4.78, 5) is 15.6. The summed E-state index contributed by atoms with van der Waals surface area (Å²) >= 11 is 4.40. The minimum absolute atomic E-state index is 0.0240. The van der Waals surface area contributed by atoms with Gasteiger partial charge in [-0.25, -0.2) is 0 Å². The zero-order valence-electron chi connectivity index (χ0n) is 13.7. The van der Waals surface area contributed by atoms with Crippen LogP contribution in [0.1, 0.15) is 31.4 Å². The third-order valence-corrected chi connectivity index (χ3v) is 4.74. The predicted molar refractivity (Wildman–Crippen MR) is 88.9 cm³/mol. The maximum Gasteiger partial charge on any atom is 0.417 e. The van der Waals surface area contributed by atoms with Crippen LogP contribution in [-0.2, 0) is 11.0 Å². The van der Waals surface area contributed by atoms with E-state index in [1.165, 1.54) is 17.0 Å². The number of halogens is 3. The summed E-state index contributed by atoms with van der Waals surface area (Å²) in [5.74, 6) is -0.400. The molecule has 0 radical (unpaired) electrons. The molecular weight excluding hydrogens is 355 g/mol. The largest absolute Gasteiger partial charge is 0.417 e. The molecule has 5 nitrogen and oxygen atoms in total. The molecule has 0 spiro atoms. The van der Waals surface area contributed by atoms with Gasteiger partial charge in [0, 0.05) is 18.8 Å². The van der Waals surface area contributed by atoms with Crippen LogP contribution in [-0.4, -0.2) is 40.1 Å². The van der Waals surface area contributed by atoms with E-state index in [1.54, 1.807) is 18.7 Å². The highest BCUT2D eigenvalue weighted by Crippen LogP contribution is 2.40. The van der Waals surface area contributed by atoms with Crippen LogP contribution in [0.15, 0.2) is 18.2 Å². The van der Waals surface area contributed by atoms with E-state index in [4.69, 9.17) is 10.4 Å². The van der Waals surface area contributed by atoms with Gasteiger partial charge in [-0.15, -0.1) is 12.6 Å². The highest BCUT2D eigenvalue weighted by molar-refractivity contribution is 7.81. The van der Waals surface area contributed by atoms with E-state index in [2.05, 4.69) is 12.6 Å². The fraction of sp³-hybridized carbons (Fsp3) is 0.500. The Morgan fingerprint density at radius 3 is 2.56 bits per heavy atom. The monoisotopic (exact) mass is 373 g/mol. The summed E-state index contributed by atoms with van der Waals surface area (Å²) < 4.78 is 39.5. The number of carbonyl (C=O) groups is 1. The van der Waals surface area contributed by atoms with E-state index in [0.29, 0.717) is 13.0 Å². The molecule has 25 heavy (non-hydrogen) atoms. The van der Waals surface area contributed by atoms with E-state index >= 15 is 0 Å². The van der Waals surface area contributed by atoms with Crippen molar-refractivity contribution in [3.05, 3.63) is 29.3 Å². The van der Waals surface area contributed by atoms with Crippen molar-refractivity contribution in [2.45, 2.75) is 37.5 Å². The Morgan fingerprint density at radius 1 is 1.40 bits per heavy atom. The lowest BCUT2D eigenvalue weighted by Gasteiger charge is -2.30. The molecule has 1 saturated heterocycles. The molecule has 1 unspecified atom stereocenters. The summed E-state index contributed by atoms with van der Waals surface area (Å²) in [6, 6.07) is 4.67. The van der Waals surface area contributed by atoms with Crippen LogP contribution in [0.3, 0.4) is 0 Å². The summed E-state index contributed by atoms with van der Waals surface area (Å²) in [6.07, 6.45) is -4.30. The second-order valence-electron chi connectivity index (χ2n) is 6.19. The number of aliphatic hydroxyl groups is 1. The lowest BCUT2D eigenvalue weighted by Crippen LogP contribution is -2.45. The van der Waals surface area contributed by atoms with Crippen LogP contribution < -0.4 is 4.90 Å². The molecule has 9 heteroatoms. The van der Waals surface area contributed by atoms with Gasteiger partial charge in [-0.2, -0.15) is 18.4 Å². The molecule has 1 N–H and O–H groups in total. The standard InChI is InChI=1S/C16H18F3N3O2S/c1-15(2)13(24)22(14(25)21(15)6-3-7-23)11-5-4-10(9-20)12(8-11)16(17,18)19/h4-5,8,14,23,25H,3,6-7H2,1-2H3. The number of thiol groups is 1. The van der Waals surface area contributed by atoms with Gasteiger partial charge < -0.3 is 5.11 Å². The molecule has 2 rings (SSSR count). The Morgan fingerprint density at radius 2 is 2.04 bits per heavy atom. The van der Waals surface area contributed by atoms with Crippen LogP contribution in [0.4, 0.5) is 18.9 Å². The number of anilines is 1. The highest BCUT2D eigenvalue weighted by Gasteiger charge is 2.51. The molecular formula is C16H18F3N3O2S. The molecule has 1 aromatic carbocycles. The van der Waals surface area contributed by atoms with Gasteiger partial charge in [0.05, 0.1) is 22.7 Å². The van der Waals surface area contributed by atoms with Gasteiger partial charge in [0.25, 0.3) is 0 Å². The molecule has 0 aromatic heterocycles. The Kier molecular flexibility index (Phi) is 5.37. The minimum atomic E-state index is -4.71. The van der Waals surface area contributed by atoms with Crippen LogP contribution in [0, 0.1) is 11.3 Å². The van der Waals surface area contributed by atoms with Gasteiger partial charge in [-0.05, 0) is 38.5 Å². The molecule has 0 bridgehead atoms. The van der Waals surface area contributed by atoms with Gasteiger partial charge in [0.15, 0.2) is 0 Å². The number of carbonyl (C=O) groups excluding carboxylic acids is 1. The molecule has 1 aromatic rings. The van der Waals surface area contributed by atoms with Crippen molar-refractivity contribution >= 4 is 24.2 Å². The Hall–Kier alpha value is -1.76. The fourth-order valence-electron chi connectivity index (χ4n) is 2.85. The third kappa shape index (κ3) is 3.47. The number of hydrogen-bond acceptors (Lipinski definition) is 5. The Labute approximate surface area is 149 Å². The number of aliphatic hydroxyl groups excluding tert-OH is 1. The number of hydrogen-bond donors (Lipinski definition) is 2. The first-order valence-electron chi connectivity index (χ1n) is 7.56. The van der Waals surface area contributed by atoms with Gasteiger partial charge in [0.2, 0.25) is 5.91 Å². The predicted octanol–water partition coefficient (Wildman–Crippen LogP) is 2.60. The lowest BCUT2D eigenvalue weighted by atomic mass is 10.0. The first-order valence-corrected chi connectivity index (χ1v) is 8.08. The minimum Gasteiger partial charge on any atom is -0.396 e. The van der Waals surface area contributed by atoms with Crippen molar-refractivity contribution < 1.29 is 23.1 Å². The van der Waals surface area contributed by atoms with E-state index in [0.717, 1.165) is 12.1 Å². The van der Waals surface area contributed by atoms with Gasteiger partial charge in [-0.3, -0.25) is 14.6 Å². The van der Waals surface area contributed by atoms with Crippen molar-refractivity contribution in [1.29, 1.82) is 5.26 Å². The topological polar surface area (TPSA) is 67.6 Å². The van der Waals surface area contributed by atoms with E-state index in [1.807, 2.05) is 0 Å². The molecule has 0 aliphatic carbocycles. The Balaban J connectivity index is 2.48. The van der Waals surface area contributed by atoms with Crippen molar-refractivity contribution in [3.63, 3.8) is 0 Å². The molecule has 1 heterocycles. The number of amides is 1. The zero-order chi connectivity index (χ0) is 19.0. The van der Waals surface area contributed by atoms with E-state index in [9.17, 15) is 18.0 Å². The number of alkyl halides is 3. The SMILES string of the molecule is CC1(C)C(=O)N(c2ccc(C#N)c(C(F)(F)F)c2)C(S)N1CCCO. The third-order valence-electron chi connectivity index (χ3n) is 4.23. The molecule has 0 saturated carbocycles. The molecule has 1 fully saturated rings. The van der Waals surface area contributed by atoms with Gasteiger partial charge in [0.1, 0.15) is 5.50 Å². The van der Waals surface area contributed by atoms with Crippen LogP contribution in [0.25, 0.3) is 0 Å². The second-order valence-corrected chi connectivity index (χ2v) is 6.65. The fourth-order valence-corrected chi connectivity index (χ4v) is 3.49. The summed E-state index contributed by atoms with van der Waals surface area (Å²) in [6.45, 7) is 3.60. The highest BCUT2D eigenvalue weighted by atomic mass is 32.1. The molecule has 1 atom stereocenters. The number of nitrogens with zero attached hydrogens (tertiary/aromatic N) is 3. The lowest BCUT2D eigenvalue weighted by molar-refractivity contribution is -0.137. The van der Waals surface area contributed by atoms with Crippen molar-refractivity contribution in [1.82, 2.24) is 4.90 Å². The molecule has 1 aliphatic heterocycles. The van der Waals surface area contributed by atoms with E-state index in [-0.39, 0.29) is 12.3 Å².